The number of hydrogen-bond donors (Lipinski definition) is 1. The van der Waals surface area contributed by atoms with Gasteiger partial charge in [0.25, 0.3) is 0 Å². The van der Waals surface area contributed by atoms with Gasteiger partial charge in [-0.25, -0.2) is 0 Å². The van der Waals surface area contributed by atoms with Crippen LogP contribution in [0.15, 0.2) is 47.6 Å². The molecule has 1 saturated carbocycles. The number of amides is 1. The van der Waals surface area contributed by atoms with Crippen molar-refractivity contribution in [2.45, 2.75) is 50.6 Å². The second kappa shape index (κ2) is 8.82. The van der Waals surface area contributed by atoms with E-state index in [1.54, 1.807) is 11.8 Å². The molecule has 1 heterocycles. The van der Waals surface area contributed by atoms with Crippen LogP contribution in [0, 0.1) is 19.8 Å². The number of hydrogen-bond acceptors (Lipinski definition) is 4. The van der Waals surface area contributed by atoms with Gasteiger partial charge in [-0.1, -0.05) is 59.3 Å². The van der Waals surface area contributed by atoms with E-state index >= 15 is 0 Å². The number of aryl methyl sites for hydroxylation is 2. The summed E-state index contributed by atoms with van der Waals surface area (Å²) in [6, 6.07) is 14.0. The molecule has 2 aromatic carbocycles. The van der Waals surface area contributed by atoms with Gasteiger partial charge in [-0.3, -0.25) is 9.36 Å². The summed E-state index contributed by atoms with van der Waals surface area (Å²) in [7, 11) is 0. The molecule has 1 atom stereocenters. The Balaban J connectivity index is 1.67. The molecule has 0 spiro atoms. The van der Waals surface area contributed by atoms with Gasteiger partial charge in [-0.2, -0.15) is 0 Å². The number of nitrogens with zero attached hydrogens (tertiary/aromatic N) is 3. The van der Waals surface area contributed by atoms with Crippen LogP contribution in [0.1, 0.15) is 48.3 Å². The zero-order valence-corrected chi connectivity index (χ0v) is 18.9. The monoisotopic (exact) mass is 440 g/mol. The fraction of sp³-hybridized carbons (Fsp3) is 0.348. The third-order valence-electron chi connectivity index (χ3n) is 5.22. The van der Waals surface area contributed by atoms with Crippen LogP contribution in [0.4, 0.5) is 0 Å². The predicted molar refractivity (Wildman–Crippen MR) is 121 cm³/mol. The van der Waals surface area contributed by atoms with Gasteiger partial charge in [-0.05, 0) is 56.9 Å². The zero-order valence-electron chi connectivity index (χ0n) is 17.4. The van der Waals surface area contributed by atoms with Crippen molar-refractivity contribution < 1.29 is 4.79 Å². The van der Waals surface area contributed by atoms with Crippen molar-refractivity contribution >= 4 is 29.3 Å². The summed E-state index contributed by atoms with van der Waals surface area (Å²) < 4.78 is 2.03. The van der Waals surface area contributed by atoms with E-state index < -0.39 is 0 Å². The molecule has 1 fully saturated rings. The highest BCUT2D eigenvalue weighted by molar-refractivity contribution is 7.98. The Kier molecular flexibility index (Phi) is 6.16. The van der Waals surface area contributed by atoms with Crippen LogP contribution in [0.5, 0.6) is 0 Å². The van der Waals surface area contributed by atoms with E-state index in [4.69, 9.17) is 11.6 Å². The predicted octanol–water partition coefficient (Wildman–Crippen LogP) is 5.42. The number of benzene rings is 2. The van der Waals surface area contributed by atoms with Crippen LogP contribution >= 0.6 is 23.4 Å². The standard InChI is InChI=1S/C23H25ClN4OS/c1-14-5-4-6-17(11-14)13-30-23-27-26-21(16(3)25-22(29)18-8-9-18)28(23)20-12-19(24)10-7-15(20)2/h4-7,10-12,16,18H,8-9,13H2,1-3H3,(H,25,29). The second-order valence-electron chi connectivity index (χ2n) is 7.89. The Morgan fingerprint density at radius 3 is 2.77 bits per heavy atom. The lowest BCUT2D eigenvalue weighted by Crippen LogP contribution is -2.29. The Hall–Kier alpha value is -2.31. The molecule has 156 valence electrons. The highest BCUT2D eigenvalue weighted by Crippen LogP contribution is 2.32. The number of rotatable bonds is 7. The maximum atomic E-state index is 12.3. The largest absolute Gasteiger partial charge is 0.346 e. The van der Waals surface area contributed by atoms with E-state index in [1.165, 1.54) is 11.1 Å². The van der Waals surface area contributed by atoms with Crippen LogP contribution in [0.3, 0.4) is 0 Å². The SMILES string of the molecule is Cc1cccc(CSc2nnc(C(C)NC(=O)C3CC3)n2-c2cc(Cl)ccc2C)c1. The van der Waals surface area contributed by atoms with Crippen molar-refractivity contribution in [2.75, 3.05) is 0 Å². The number of carbonyl (C=O) groups excluding carboxylic acids is 1. The molecular formula is C23H25ClN4OS. The highest BCUT2D eigenvalue weighted by atomic mass is 35.5. The van der Waals surface area contributed by atoms with Crippen molar-refractivity contribution in [1.82, 2.24) is 20.1 Å². The Morgan fingerprint density at radius 2 is 2.03 bits per heavy atom. The Labute approximate surface area is 186 Å². The van der Waals surface area contributed by atoms with Crippen LogP contribution in [-0.2, 0) is 10.5 Å². The second-order valence-corrected chi connectivity index (χ2v) is 9.27. The third kappa shape index (κ3) is 4.71. The van der Waals surface area contributed by atoms with E-state index in [1.807, 2.05) is 36.6 Å². The van der Waals surface area contributed by atoms with Crippen molar-refractivity contribution in [2.24, 2.45) is 5.92 Å². The van der Waals surface area contributed by atoms with E-state index in [9.17, 15) is 4.79 Å². The first kappa shape index (κ1) is 20.9. The van der Waals surface area contributed by atoms with Crippen molar-refractivity contribution in [3.05, 3.63) is 70.0 Å². The number of aromatic nitrogens is 3. The molecule has 5 nitrogen and oxygen atoms in total. The summed E-state index contributed by atoms with van der Waals surface area (Å²) in [6.07, 6.45) is 1.94. The minimum Gasteiger partial charge on any atom is -0.346 e. The molecular weight excluding hydrogens is 416 g/mol. The molecule has 1 N–H and O–H groups in total. The van der Waals surface area contributed by atoms with E-state index in [0.717, 1.165) is 35.0 Å². The van der Waals surface area contributed by atoms with Crippen LogP contribution < -0.4 is 5.32 Å². The van der Waals surface area contributed by atoms with Crippen LogP contribution in [0.2, 0.25) is 5.02 Å². The molecule has 0 radical (unpaired) electrons. The van der Waals surface area contributed by atoms with Crippen LogP contribution in [-0.4, -0.2) is 20.7 Å². The van der Waals surface area contributed by atoms with Gasteiger partial charge in [0.05, 0.1) is 11.7 Å². The molecule has 3 aromatic rings. The molecule has 7 heteroatoms. The number of thioether (sulfide) groups is 1. The summed E-state index contributed by atoms with van der Waals surface area (Å²) in [4.78, 5) is 12.3. The molecule has 1 aliphatic rings. The molecule has 1 unspecified atom stereocenters. The summed E-state index contributed by atoms with van der Waals surface area (Å²) in [5, 5.41) is 13.5. The lowest BCUT2D eigenvalue weighted by molar-refractivity contribution is -0.123. The third-order valence-corrected chi connectivity index (χ3v) is 6.45. The average molecular weight is 441 g/mol. The topological polar surface area (TPSA) is 59.8 Å². The number of halogens is 1. The van der Waals surface area contributed by atoms with Gasteiger partial charge in [0, 0.05) is 16.7 Å². The maximum Gasteiger partial charge on any atom is 0.223 e. The van der Waals surface area contributed by atoms with Gasteiger partial charge >= 0.3 is 0 Å². The van der Waals surface area contributed by atoms with Crippen molar-refractivity contribution in [3.63, 3.8) is 0 Å². The lowest BCUT2D eigenvalue weighted by atomic mass is 10.2. The van der Waals surface area contributed by atoms with E-state index in [0.29, 0.717) is 10.8 Å². The van der Waals surface area contributed by atoms with Gasteiger partial charge in [0.2, 0.25) is 5.91 Å². The quantitative estimate of drug-likeness (QED) is 0.498. The number of nitrogens with one attached hydrogen (secondary N) is 1. The minimum atomic E-state index is -0.252. The fourth-order valence-electron chi connectivity index (χ4n) is 3.40. The van der Waals surface area contributed by atoms with E-state index in [-0.39, 0.29) is 17.9 Å². The van der Waals surface area contributed by atoms with Gasteiger partial charge < -0.3 is 5.32 Å². The van der Waals surface area contributed by atoms with Crippen LogP contribution in [0.25, 0.3) is 5.69 Å². The molecule has 1 aromatic heterocycles. The first-order chi connectivity index (χ1) is 14.4. The molecule has 1 amide bonds. The summed E-state index contributed by atoms with van der Waals surface area (Å²) >= 11 is 7.94. The summed E-state index contributed by atoms with van der Waals surface area (Å²) in [5.74, 6) is 1.73. The van der Waals surface area contributed by atoms with Gasteiger partial charge in [-0.15, -0.1) is 10.2 Å². The molecule has 30 heavy (non-hydrogen) atoms. The minimum absolute atomic E-state index is 0.0915. The molecule has 0 aliphatic heterocycles. The Bertz CT molecular complexity index is 1080. The van der Waals surface area contributed by atoms with Crippen molar-refractivity contribution in [3.8, 4) is 5.69 Å². The summed E-state index contributed by atoms with van der Waals surface area (Å²) in [6.45, 7) is 6.09. The smallest absolute Gasteiger partial charge is 0.223 e. The summed E-state index contributed by atoms with van der Waals surface area (Å²) in [5.41, 5.74) is 4.46. The van der Waals surface area contributed by atoms with Gasteiger partial charge in [0.15, 0.2) is 11.0 Å². The van der Waals surface area contributed by atoms with Crippen molar-refractivity contribution in [1.29, 1.82) is 0 Å². The highest BCUT2D eigenvalue weighted by Gasteiger charge is 2.31. The number of carbonyl (C=O) groups is 1. The first-order valence-corrected chi connectivity index (χ1v) is 11.5. The van der Waals surface area contributed by atoms with Gasteiger partial charge in [0.1, 0.15) is 0 Å². The zero-order chi connectivity index (χ0) is 21.3. The fourth-order valence-corrected chi connectivity index (χ4v) is 4.46. The molecule has 0 bridgehead atoms. The Morgan fingerprint density at radius 1 is 1.23 bits per heavy atom. The maximum absolute atomic E-state index is 12.3. The molecule has 4 rings (SSSR count). The molecule has 0 saturated heterocycles. The molecule has 1 aliphatic carbocycles. The van der Waals surface area contributed by atoms with E-state index in [2.05, 4.69) is 46.7 Å². The normalized spacial score (nSPS) is 14.5. The lowest BCUT2D eigenvalue weighted by Gasteiger charge is -2.18. The average Bonchev–Trinajstić information content (AvgIpc) is 3.48. The first-order valence-electron chi connectivity index (χ1n) is 10.1.